The van der Waals surface area contributed by atoms with Gasteiger partial charge < -0.3 is 10.1 Å². The Morgan fingerprint density at radius 3 is 2.35 bits per heavy atom. The van der Waals surface area contributed by atoms with Gasteiger partial charge in [0, 0.05) is 11.6 Å². The molecule has 20 heavy (non-hydrogen) atoms. The fourth-order valence-electron chi connectivity index (χ4n) is 1.95. The number of ether oxygens (including phenoxy) is 1. The highest BCUT2D eigenvalue weighted by Gasteiger charge is 2.03. The zero-order valence-electron chi connectivity index (χ0n) is 11.5. The first-order chi connectivity index (χ1) is 9.58. The molecule has 0 saturated carbocycles. The van der Waals surface area contributed by atoms with E-state index in [0.717, 1.165) is 27.6 Å². The molecule has 0 spiro atoms. The smallest absolute Gasteiger partial charge is 0.120 e. The Labute approximate surface area is 129 Å². The van der Waals surface area contributed by atoms with Crippen LogP contribution in [-0.4, -0.2) is 13.2 Å². The third-order valence-corrected chi connectivity index (χ3v) is 3.90. The molecule has 0 aliphatic heterocycles. The fourth-order valence-corrected chi connectivity index (χ4v) is 2.26. The molecule has 1 N–H and O–H groups in total. The molecule has 2 nitrogen and oxygen atoms in total. The zero-order chi connectivity index (χ0) is 14.5. The van der Waals surface area contributed by atoms with Gasteiger partial charge in [-0.15, -0.1) is 0 Å². The van der Waals surface area contributed by atoms with Crippen LogP contribution in [0.4, 0.5) is 5.69 Å². The molecule has 106 valence electrons. The molecule has 2 rings (SSSR count). The Morgan fingerprint density at radius 1 is 1.05 bits per heavy atom. The van der Waals surface area contributed by atoms with Crippen molar-refractivity contribution >= 4 is 28.9 Å². The van der Waals surface area contributed by atoms with Crippen molar-refractivity contribution in [3.63, 3.8) is 0 Å². The Morgan fingerprint density at radius 2 is 1.70 bits per heavy atom. The highest BCUT2D eigenvalue weighted by Crippen LogP contribution is 2.26. The topological polar surface area (TPSA) is 21.3 Å². The first-order valence-corrected chi connectivity index (χ1v) is 7.21. The summed E-state index contributed by atoms with van der Waals surface area (Å²) in [4.78, 5) is 0. The molecule has 0 heterocycles. The summed E-state index contributed by atoms with van der Waals surface area (Å²) in [5, 5.41) is 4.75. The molecule has 0 amide bonds. The Bertz CT molecular complexity index is 576. The van der Waals surface area contributed by atoms with Gasteiger partial charge >= 0.3 is 0 Å². The predicted octanol–water partition coefficient (Wildman–Crippen LogP) is 5.10. The van der Waals surface area contributed by atoms with E-state index < -0.39 is 0 Å². The summed E-state index contributed by atoms with van der Waals surface area (Å²) < 4.78 is 5.72. The van der Waals surface area contributed by atoms with E-state index in [-0.39, 0.29) is 0 Å². The van der Waals surface area contributed by atoms with E-state index in [0.29, 0.717) is 18.2 Å². The maximum atomic E-state index is 6.13. The molecule has 0 aliphatic carbocycles. The summed E-state index contributed by atoms with van der Waals surface area (Å²) in [7, 11) is 0. The average Bonchev–Trinajstić information content (AvgIpc) is 2.42. The molecule has 0 unspecified atom stereocenters. The summed E-state index contributed by atoms with van der Waals surface area (Å²) in [6.07, 6.45) is 0. The number of halogens is 2. The largest absolute Gasteiger partial charge is 0.492 e. The minimum absolute atomic E-state index is 0.561. The Kier molecular flexibility index (Phi) is 5.16. The normalized spacial score (nSPS) is 10.4. The van der Waals surface area contributed by atoms with Crippen LogP contribution in [0.3, 0.4) is 0 Å². The van der Waals surface area contributed by atoms with Crippen molar-refractivity contribution in [2.45, 2.75) is 13.8 Å². The van der Waals surface area contributed by atoms with E-state index in [1.807, 2.05) is 50.2 Å². The minimum atomic E-state index is 0.561. The van der Waals surface area contributed by atoms with Crippen molar-refractivity contribution in [2.75, 3.05) is 18.5 Å². The van der Waals surface area contributed by atoms with Crippen LogP contribution in [0.2, 0.25) is 10.0 Å². The minimum Gasteiger partial charge on any atom is -0.492 e. The van der Waals surface area contributed by atoms with Crippen LogP contribution in [0, 0.1) is 13.8 Å². The van der Waals surface area contributed by atoms with Gasteiger partial charge in [0.2, 0.25) is 0 Å². The molecule has 0 saturated heterocycles. The van der Waals surface area contributed by atoms with Crippen LogP contribution in [0.15, 0.2) is 36.4 Å². The Hall–Kier alpha value is -1.38. The molecule has 4 heteroatoms. The quantitative estimate of drug-likeness (QED) is 0.776. The van der Waals surface area contributed by atoms with Gasteiger partial charge in [-0.05, 0) is 49.2 Å². The number of benzene rings is 2. The lowest BCUT2D eigenvalue weighted by Gasteiger charge is -2.11. The molecule has 0 aromatic heterocycles. The van der Waals surface area contributed by atoms with Crippen LogP contribution >= 0.6 is 23.2 Å². The van der Waals surface area contributed by atoms with Crippen LogP contribution < -0.4 is 10.1 Å². The van der Waals surface area contributed by atoms with E-state index in [4.69, 9.17) is 27.9 Å². The lowest BCUT2D eigenvalue weighted by atomic mass is 10.1. The number of hydrogen-bond acceptors (Lipinski definition) is 2. The van der Waals surface area contributed by atoms with Crippen molar-refractivity contribution in [2.24, 2.45) is 0 Å². The second kappa shape index (κ2) is 6.87. The van der Waals surface area contributed by atoms with Gasteiger partial charge in [-0.1, -0.05) is 35.3 Å². The van der Waals surface area contributed by atoms with E-state index in [1.165, 1.54) is 0 Å². The summed E-state index contributed by atoms with van der Waals surface area (Å²) in [5.74, 6) is 0.838. The number of hydrogen-bond donors (Lipinski definition) is 1. The third-order valence-electron chi connectivity index (χ3n) is 2.97. The van der Waals surface area contributed by atoms with Gasteiger partial charge in [-0.2, -0.15) is 0 Å². The van der Waals surface area contributed by atoms with Gasteiger partial charge in [-0.25, -0.2) is 0 Å². The average molecular weight is 310 g/mol. The van der Waals surface area contributed by atoms with Gasteiger partial charge in [0.15, 0.2) is 0 Å². The SMILES string of the molecule is Cc1cc(OCCNc2ccccc2Cl)cc(C)c1Cl. The fraction of sp³-hybridized carbons (Fsp3) is 0.250. The third kappa shape index (κ3) is 3.81. The molecule has 0 fully saturated rings. The van der Waals surface area contributed by atoms with Crippen LogP contribution in [-0.2, 0) is 0 Å². The van der Waals surface area contributed by atoms with Gasteiger partial charge in [0.1, 0.15) is 12.4 Å². The summed E-state index contributed by atoms with van der Waals surface area (Å²) >= 11 is 12.2. The first kappa shape index (κ1) is 15.0. The van der Waals surface area contributed by atoms with Crippen LogP contribution in [0.25, 0.3) is 0 Å². The second-order valence-electron chi connectivity index (χ2n) is 4.63. The molecule has 0 bridgehead atoms. The molecule has 0 aliphatic rings. The highest BCUT2D eigenvalue weighted by molar-refractivity contribution is 6.33. The number of aryl methyl sites for hydroxylation is 2. The van der Waals surface area contributed by atoms with E-state index in [1.54, 1.807) is 0 Å². The predicted molar refractivity (Wildman–Crippen MR) is 86.4 cm³/mol. The number of para-hydroxylation sites is 1. The number of nitrogens with one attached hydrogen (secondary N) is 1. The lowest BCUT2D eigenvalue weighted by Crippen LogP contribution is -2.11. The first-order valence-electron chi connectivity index (χ1n) is 6.46. The zero-order valence-corrected chi connectivity index (χ0v) is 13.1. The molecular weight excluding hydrogens is 293 g/mol. The van der Waals surface area contributed by atoms with Crippen molar-refractivity contribution in [1.82, 2.24) is 0 Å². The van der Waals surface area contributed by atoms with Crippen LogP contribution in [0.1, 0.15) is 11.1 Å². The Balaban J connectivity index is 1.86. The number of anilines is 1. The molecule has 2 aromatic carbocycles. The van der Waals surface area contributed by atoms with Crippen molar-refractivity contribution < 1.29 is 4.74 Å². The van der Waals surface area contributed by atoms with Gasteiger partial charge in [0.05, 0.1) is 10.7 Å². The van der Waals surface area contributed by atoms with E-state index in [9.17, 15) is 0 Å². The van der Waals surface area contributed by atoms with Gasteiger partial charge in [0.25, 0.3) is 0 Å². The van der Waals surface area contributed by atoms with Crippen molar-refractivity contribution in [1.29, 1.82) is 0 Å². The maximum Gasteiger partial charge on any atom is 0.120 e. The lowest BCUT2D eigenvalue weighted by molar-refractivity contribution is 0.332. The van der Waals surface area contributed by atoms with Crippen LogP contribution in [0.5, 0.6) is 5.75 Å². The number of rotatable bonds is 5. The summed E-state index contributed by atoms with van der Waals surface area (Å²) in [5.41, 5.74) is 2.97. The van der Waals surface area contributed by atoms with E-state index >= 15 is 0 Å². The summed E-state index contributed by atoms with van der Waals surface area (Å²) in [6, 6.07) is 11.6. The van der Waals surface area contributed by atoms with E-state index in [2.05, 4.69) is 5.32 Å². The van der Waals surface area contributed by atoms with Gasteiger partial charge in [-0.3, -0.25) is 0 Å². The highest BCUT2D eigenvalue weighted by atomic mass is 35.5. The molecule has 0 radical (unpaired) electrons. The second-order valence-corrected chi connectivity index (χ2v) is 5.41. The monoisotopic (exact) mass is 309 g/mol. The van der Waals surface area contributed by atoms with Crippen molar-refractivity contribution in [3.8, 4) is 5.75 Å². The summed E-state index contributed by atoms with van der Waals surface area (Å²) in [6.45, 7) is 5.20. The maximum absolute atomic E-state index is 6.13. The molecule has 2 aromatic rings. The standard InChI is InChI=1S/C16H17Cl2NO/c1-11-9-13(10-12(2)16(11)18)20-8-7-19-15-6-4-3-5-14(15)17/h3-6,9-10,19H,7-8H2,1-2H3. The molecule has 0 atom stereocenters. The van der Waals surface area contributed by atoms with Crippen molar-refractivity contribution in [3.05, 3.63) is 57.6 Å². The molecular formula is C16H17Cl2NO.